The lowest BCUT2D eigenvalue weighted by atomic mass is 10.0. The molecule has 0 aliphatic rings. The summed E-state index contributed by atoms with van der Waals surface area (Å²) >= 11 is 0. The highest BCUT2D eigenvalue weighted by Gasteiger charge is 2.07. The van der Waals surface area contributed by atoms with Crippen LogP contribution in [0.5, 0.6) is 5.75 Å². The second-order valence-corrected chi connectivity index (χ2v) is 5.23. The van der Waals surface area contributed by atoms with Gasteiger partial charge < -0.3 is 5.11 Å². The predicted octanol–water partition coefficient (Wildman–Crippen LogP) is 3.62. The third kappa shape index (κ3) is 3.06. The number of nitrogens with zero attached hydrogens (tertiary/aromatic N) is 1. The summed E-state index contributed by atoms with van der Waals surface area (Å²) in [6.45, 7) is 1.87. The molecular formula is C19H16N2O2. The van der Waals surface area contributed by atoms with Crippen LogP contribution in [0, 0.1) is 6.92 Å². The van der Waals surface area contributed by atoms with Crippen LogP contribution in [0.25, 0.3) is 10.8 Å². The van der Waals surface area contributed by atoms with Crippen LogP contribution in [0.3, 0.4) is 0 Å². The van der Waals surface area contributed by atoms with Crippen molar-refractivity contribution < 1.29 is 9.90 Å². The molecule has 23 heavy (non-hydrogen) atoms. The highest BCUT2D eigenvalue weighted by atomic mass is 16.3. The van der Waals surface area contributed by atoms with Gasteiger partial charge >= 0.3 is 0 Å². The Morgan fingerprint density at radius 3 is 2.61 bits per heavy atom. The van der Waals surface area contributed by atoms with E-state index in [1.807, 2.05) is 55.5 Å². The van der Waals surface area contributed by atoms with E-state index in [9.17, 15) is 9.90 Å². The number of carbonyl (C=O) groups is 1. The lowest BCUT2D eigenvalue weighted by molar-refractivity contribution is 0.0954. The summed E-state index contributed by atoms with van der Waals surface area (Å²) in [5, 5.41) is 15.9. The number of aryl methyl sites for hydroxylation is 1. The molecule has 0 aliphatic heterocycles. The summed E-state index contributed by atoms with van der Waals surface area (Å²) in [6, 6.07) is 18.4. The Balaban J connectivity index is 1.85. The lowest BCUT2D eigenvalue weighted by Gasteiger charge is -2.05. The van der Waals surface area contributed by atoms with E-state index in [1.165, 1.54) is 6.21 Å². The number of fused-ring (bicyclic) bond motifs is 1. The van der Waals surface area contributed by atoms with Gasteiger partial charge in [0.25, 0.3) is 5.91 Å². The molecule has 0 saturated heterocycles. The number of rotatable bonds is 3. The number of carbonyl (C=O) groups excluding carboxylic acids is 1. The van der Waals surface area contributed by atoms with Crippen molar-refractivity contribution in [2.24, 2.45) is 5.10 Å². The zero-order chi connectivity index (χ0) is 16.2. The number of benzene rings is 3. The Morgan fingerprint density at radius 1 is 1.04 bits per heavy atom. The van der Waals surface area contributed by atoms with E-state index < -0.39 is 0 Å². The highest BCUT2D eigenvalue weighted by Crippen LogP contribution is 2.25. The first kappa shape index (κ1) is 14.8. The zero-order valence-electron chi connectivity index (χ0n) is 12.7. The van der Waals surface area contributed by atoms with Crippen LogP contribution in [0.1, 0.15) is 21.5 Å². The minimum atomic E-state index is -0.279. The molecule has 0 fully saturated rings. The quantitative estimate of drug-likeness (QED) is 0.573. The normalized spacial score (nSPS) is 11.0. The van der Waals surface area contributed by atoms with Crippen molar-refractivity contribution in [3.05, 3.63) is 77.4 Å². The van der Waals surface area contributed by atoms with Gasteiger partial charge in [-0.3, -0.25) is 4.79 Å². The molecule has 0 atom stereocenters. The number of aromatic hydroxyl groups is 1. The van der Waals surface area contributed by atoms with E-state index >= 15 is 0 Å². The first-order valence-corrected chi connectivity index (χ1v) is 7.26. The van der Waals surface area contributed by atoms with Gasteiger partial charge in [0.1, 0.15) is 5.75 Å². The smallest absolute Gasteiger partial charge is 0.271 e. The van der Waals surface area contributed by atoms with Gasteiger partial charge in [0.05, 0.1) is 6.21 Å². The van der Waals surface area contributed by atoms with Crippen molar-refractivity contribution in [1.82, 2.24) is 5.43 Å². The van der Waals surface area contributed by atoms with Crippen LogP contribution >= 0.6 is 0 Å². The summed E-state index contributed by atoms with van der Waals surface area (Å²) in [4.78, 5) is 12.1. The topological polar surface area (TPSA) is 61.7 Å². The molecule has 2 N–H and O–H groups in total. The Bertz CT molecular complexity index is 901. The lowest BCUT2D eigenvalue weighted by Crippen LogP contribution is -2.18. The second kappa shape index (κ2) is 6.32. The molecule has 0 heterocycles. The first-order chi connectivity index (χ1) is 11.2. The third-order valence-corrected chi connectivity index (χ3v) is 3.70. The van der Waals surface area contributed by atoms with E-state index in [0.29, 0.717) is 11.1 Å². The molecule has 3 rings (SSSR count). The largest absolute Gasteiger partial charge is 0.507 e. The number of hydrogen-bond donors (Lipinski definition) is 2. The maximum absolute atomic E-state index is 12.1. The Labute approximate surface area is 134 Å². The van der Waals surface area contributed by atoms with Crippen LogP contribution in [-0.2, 0) is 0 Å². The van der Waals surface area contributed by atoms with Crippen molar-refractivity contribution in [3.63, 3.8) is 0 Å². The monoisotopic (exact) mass is 304 g/mol. The third-order valence-electron chi connectivity index (χ3n) is 3.70. The fraction of sp³-hybridized carbons (Fsp3) is 0.0526. The molecule has 0 bridgehead atoms. The molecule has 4 heteroatoms. The second-order valence-electron chi connectivity index (χ2n) is 5.23. The minimum Gasteiger partial charge on any atom is -0.507 e. The Hall–Kier alpha value is -3.14. The van der Waals surface area contributed by atoms with Gasteiger partial charge in [-0.2, -0.15) is 5.10 Å². The van der Waals surface area contributed by atoms with Gasteiger partial charge in [0.15, 0.2) is 0 Å². The summed E-state index contributed by atoms with van der Waals surface area (Å²) in [5.41, 5.74) is 4.53. The van der Waals surface area contributed by atoms with E-state index in [2.05, 4.69) is 10.5 Å². The number of nitrogens with one attached hydrogen (secondary N) is 1. The number of hydrazone groups is 1. The Morgan fingerprint density at radius 2 is 1.78 bits per heavy atom. The maximum Gasteiger partial charge on any atom is 0.271 e. The van der Waals surface area contributed by atoms with Gasteiger partial charge in [-0.25, -0.2) is 5.43 Å². The fourth-order valence-corrected chi connectivity index (χ4v) is 2.46. The van der Waals surface area contributed by atoms with E-state index in [1.54, 1.807) is 12.1 Å². The van der Waals surface area contributed by atoms with E-state index in [-0.39, 0.29) is 11.7 Å². The van der Waals surface area contributed by atoms with E-state index in [0.717, 1.165) is 16.3 Å². The Kier molecular flexibility index (Phi) is 4.06. The highest BCUT2D eigenvalue weighted by molar-refractivity contribution is 6.03. The maximum atomic E-state index is 12.1. The molecule has 4 nitrogen and oxygen atoms in total. The molecule has 0 unspecified atom stereocenters. The van der Waals surface area contributed by atoms with Crippen molar-refractivity contribution in [3.8, 4) is 5.75 Å². The number of amides is 1. The van der Waals surface area contributed by atoms with Crippen LogP contribution < -0.4 is 5.43 Å². The zero-order valence-corrected chi connectivity index (χ0v) is 12.7. The summed E-state index contributed by atoms with van der Waals surface area (Å²) < 4.78 is 0. The van der Waals surface area contributed by atoms with Crippen LogP contribution in [0.15, 0.2) is 65.8 Å². The molecule has 0 radical (unpaired) electrons. The van der Waals surface area contributed by atoms with Crippen molar-refractivity contribution in [2.75, 3.05) is 0 Å². The first-order valence-electron chi connectivity index (χ1n) is 7.26. The van der Waals surface area contributed by atoms with Crippen LogP contribution in [-0.4, -0.2) is 17.2 Å². The van der Waals surface area contributed by atoms with Gasteiger partial charge in [-0.05, 0) is 35.4 Å². The molecular weight excluding hydrogens is 288 g/mol. The van der Waals surface area contributed by atoms with Gasteiger partial charge in [-0.1, -0.05) is 48.5 Å². The summed E-state index contributed by atoms with van der Waals surface area (Å²) in [5.74, 6) is -0.156. The SMILES string of the molecule is Cc1ccccc1C(=O)NN=Cc1c(O)ccc2ccccc12. The van der Waals surface area contributed by atoms with Crippen LogP contribution in [0.4, 0.5) is 0 Å². The van der Waals surface area contributed by atoms with E-state index in [4.69, 9.17) is 0 Å². The number of phenols is 1. The molecule has 0 aromatic heterocycles. The molecule has 0 saturated carbocycles. The predicted molar refractivity (Wildman–Crippen MR) is 91.9 cm³/mol. The molecule has 3 aromatic carbocycles. The summed E-state index contributed by atoms with van der Waals surface area (Å²) in [7, 11) is 0. The molecule has 1 amide bonds. The van der Waals surface area contributed by atoms with Crippen molar-refractivity contribution in [2.45, 2.75) is 6.92 Å². The van der Waals surface area contributed by atoms with Gasteiger partial charge in [0, 0.05) is 11.1 Å². The summed E-state index contributed by atoms with van der Waals surface area (Å²) in [6.07, 6.45) is 1.47. The molecule has 0 spiro atoms. The van der Waals surface area contributed by atoms with Gasteiger partial charge in [-0.15, -0.1) is 0 Å². The fourth-order valence-electron chi connectivity index (χ4n) is 2.46. The average Bonchev–Trinajstić information content (AvgIpc) is 2.57. The van der Waals surface area contributed by atoms with Gasteiger partial charge in [0.2, 0.25) is 0 Å². The molecule has 3 aromatic rings. The van der Waals surface area contributed by atoms with Crippen molar-refractivity contribution in [1.29, 1.82) is 0 Å². The average molecular weight is 304 g/mol. The molecule has 114 valence electrons. The van der Waals surface area contributed by atoms with Crippen LogP contribution in [0.2, 0.25) is 0 Å². The van der Waals surface area contributed by atoms with Crippen molar-refractivity contribution >= 4 is 22.9 Å². The minimum absolute atomic E-state index is 0.123. The standard InChI is InChI=1S/C19H16N2O2/c1-13-6-2-4-8-15(13)19(23)21-20-12-17-16-9-5-3-7-14(16)10-11-18(17)22/h2-12,22H,1H3,(H,21,23). The number of hydrogen-bond acceptors (Lipinski definition) is 3. The molecule has 0 aliphatic carbocycles. The number of phenolic OH excluding ortho intramolecular Hbond substituents is 1.